The van der Waals surface area contributed by atoms with Gasteiger partial charge in [0.25, 0.3) is 0 Å². The SMILES string of the molecule is COc1cc2c(c(N)c1C)OCOC2. The lowest BCUT2D eigenvalue weighted by molar-refractivity contribution is -0.0159. The second-order valence-electron chi connectivity index (χ2n) is 3.22. The summed E-state index contributed by atoms with van der Waals surface area (Å²) in [6, 6.07) is 1.90. The number of hydrogen-bond donors (Lipinski definition) is 1. The number of ether oxygens (including phenoxy) is 3. The first-order chi connectivity index (χ1) is 6.74. The van der Waals surface area contributed by atoms with Crippen molar-refractivity contribution >= 4 is 5.69 Å². The van der Waals surface area contributed by atoms with E-state index in [1.54, 1.807) is 7.11 Å². The number of nitrogen functional groups attached to an aromatic ring is 1. The molecular weight excluding hydrogens is 182 g/mol. The zero-order chi connectivity index (χ0) is 10.1. The van der Waals surface area contributed by atoms with Gasteiger partial charge in [0.15, 0.2) is 12.5 Å². The third-order valence-corrected chi connectivity index (χ3v) is 2.38. The molecule has 0 saturated carbocycles. The molecule has 4 heteroatoms. The fraction of sp³-hybridized carbons (Fsp3) is 0.400. The molecule has 0 aliphatic carbocycles. The largest absolute Gasteiger partial charge is 0.496 e. The summed E-state index contributed by atoms with van der Waals surface area (Å²) in [5.41, 5.74) is 8.41. The van der Waals surface area contributed by atoms with E-state index in [1.807, 2.05) is 13.0 Å². The van der Waals surface area contributed by atoms with E-state index in [2.05, 4.69) is 0 Å². The fourth-order valence-corrected chi connectivity index (χ4v) is 1.55. The van der Waals surface area contributed by atoms with Crippen molar-refractivity contribution in [1.29, 1.82) is 0 Å². The van der Waals surface area contributed by atoms with Crippen molar-refractivity contribution in [1.82, 2.24) is 0 Å². The molecule has 0 radical (unpaired) electrons. The van der Waals surface area contributed by atoms with E-state index in [1.165, 1.54) is 0 Å². The van der Waals surface area contributed by atoms with Crippen LogP contribution in [0.5, 0.6) is 11.5 Å². The Kier molecular flexibility index (Phi) is 2.21. The molecule has 0 spiro atoms. The first kappa shape index (κ1) is 9.15. The Bertz CT molecular complexity index is 363. The molecule has 0 atom stereocenters. The van der Waals surface area contributed by atoms with Crippen LogP contribution in [0.3, 0.4) is 0 Å². The molecule has 1 aromatic rings. The predicted octanol–water partition coefficient (Wildman–Crippen LogP) is 1.45. The Balaban J connectivity index is 2.57. The summed E-state index contributed by atoms with van der Waals surface area (Å²) in [4.78, 5) is 0. The number of nitrogens with two attached hydrogens (primary N) is 1. The van der Waals surface area contributed by atoms with E-state index >= 15 is 0 Å². The lowest BCUT2D eigenvalue weighted by Crippen LogP contribution is -2.14. The summed E-state index contributed by atoms with van der Waals surface area (Å²) < 4.78 is 15.7. The van der Waals surface area contributed by atoms with Gasteiger partial charge in [0.05, 0.1) is 19.4 Å². The first-order valence-electron chi connectivity index (χ1n) is 4.40. The zero-order valence-corrected chi connectivity index (χ0v) is 8.29. The van der Waals surface area contributed by atoms with Crippen molar-refractivity contribution < 1.29 is 14.2 Å². The van der Waals surface area contributed by atoms with Crippen molar-refractivity contribution in [3.8, 4) is 11.5 Å². The Morgan fingerprint density at radius 1 is 1.50 bits per heavy atom. The highest BCUT2D eigenvalue weighted by molar-refractivity contribution is 5.66. The molecule has 1 aliphatic heterocycles. The van der Waals surface area contributed by atoms with Gasteiger partial charge in [0.2, 0.25) is 0 Å². The van der Waals surface area contributed by atoms with Gasteiger partial charge >= 0.3 is 0 Å². The Morgan fingerprint density at radius 3 is 3.00 bits per heavy atom. The number of benzene rings is 1. The standard InChI is InChI=1S/C10H13NO3/c1-6-8(12-2)3-7-4-13-5-14-10(7)9(6)11/h3H,4-5,11H2,1-2H3. The zero-order valence-electron chi connectivity index (χ0n) is 8.29. The number of methoxy groups -OCH3 is 1. The minimum atomic E-state index is 0.267. The molecule has 0 unspecified atom stereocenters. The molecule has 1 aliphatic rings. The predicted molar refractivity (Wildman–Crippen MR) is 52.4 cm³/mol. The molecule has 0 amide bonds. The van der Waals surface area contributed by atoms with Crippen LogP contribution >= 0.6 is 0 Å². The van der Waals surface area contributed by atoms with Gasteiger partial charge in [0.1, 0.15) is 5.75 Å². The fourth-order valence-electron chi connectivity index (χ4n) is 1.55. The molecule has 14 heavy (non-hydrogen) atoms. The van der Waals surface area contributed by atoms with E-state index < -0.39 is 0 Å². The lowest BCUT2D eigenvalue weighted by Gasteiger charge is -2.21. The van der Waals surface area contributed by atoms with Crippen LogP contribution in [0.15, 0.2) is 6.07 Å². The molecule has 1 heterocycles. The number of fused-ring (bicyclic) bond motifs is 1. The monoisotopic (exact) mass is 195 g/mol. The van der Waals surface area contributed by atoms with Crippen LogP contribution in [0.25, 0.3) is 0 Å². The molecule has 2 rings (SSSR count). The van der Waals surface area contributed by atoms with Gasteiger partial charge in [-0.1, -0.05) is 0 Å². The van der Waals surface area contributed by atoms with Gasteiger partial charge < -0.3 is 19.9 Å². The number of rotatable bonds is 1. The highest BCUT2D eigenvalue weighted by Gasteiger charge is 2.18. The van der Waals surface area contributed by atoms with Crippen LogP contribution in [0.1, 0.15) is 11.1 Å². The average molecular weight is 195 g/mol. The maximum Gasteiger partial charge on any atom is 0.189 e. The summed E-state index contributed by atoms with van der Waals surface area (Å²) in [5.74, 6) is 1.50. The van der Waals surface area contributed by atoms with E-state index in [9.17, 15) is 0 Å². The molecular formula is C10H13NO3. The summed E-state index contributed by atoms with van der Waals surface area (Å²) in [7, 11) is 1.62. The highest BCUT2D eigenvalue weighted by Crippen LogP contribution is 2.38. The third kappa shape index (κ3) is 1.28. The normalized spacial score (nSPS) is 14.4. The van der Waals surface area contributed by atoms with Crippen molar-refractivity contribution in [2.75, 3.05) is 19.6 Å². The molecule has 2 N–H and O–H groups in total. The molecule has 76 valence electrons. The van der Waals surface area contributed by atoms with Gasteiger partial charge in [-0.25, -0.2) is 0 Å². The van der Waals surface area contributed by atoms with Crippen LogP contribution in [-0.4, -0.2) is 13.9 Å². The smallest absolute Gasteiger partial charge is 0.189 e. The highest BCUT2D eigenvalue weighted by atomic mass is 16.7. The molecule has 1 aromatic carbocycles. The van der Waals surface area contributed by atoms with Crippen LogP contribution in [0.4, 0.5) is 5.69 Å². The van der Waals surface area contributed by atoms with Crippen molar-refractivity contribution in [3.63, 3.8) is 0 Å². The maximum atomic E-state index is 5.92. The van der Waals surface area contributed by atoms with Crippen molar-refractivity contribution in [2.24, 2.45) is 0 Å². The van der Waals surface area contributed by atoms with Crippen molar-refractivity contribution in [2.45, 2.75) is 13.5 Å². The van der Waals surface area contributed by atoms with Crippen LogP contribution in [0, 0.1) is 6.92 Å². The molecule has 0 fully saturated rings. The van der Waals surface area contributed by atoms with Gasteiger partial charge in [-0.05, 0) is 13.0 Å². The second-order valence-corrected chi connectivity index (χ2v) is 3.22. The minimum Gasteiger partial charge on any atom is -0.496 e. The number of anilines is 1. The molecule has 4 nitrogen and oxygen atoms in total. The summed E-state index contributed by atoms with van der Waals surface area (Å²) in [6.07, 6.45) is 0. The van der Waals surface area contributed by atoms with Gasteiger partial charge in [-0.2, -0.15) is 0 Å². The van der Waals surface area contributed by atoms with E-state index in [-0.39, 0.29) is 6.79 Å². The van der Waals surface area contributed by atoms with Crippen LogP contribution < -0.4 is 15.2 Å². The first-order valence-corrected chi connectivity index (χ1v) is 4.40. The Hall–Kier alpha value is -1.42. The lowest BCUT2D eigenvalue weighted by atomic mass is 10.1. The van der Waals surface area contributed by atoms with Crippen LogP contribution in [-0.2, 0) is 11.3 Å². The molecule has 0 bridgehead atoms. The van der Waals surface area contributed by atoms with Gasteiger partial charge in [0, 0.05) is 11.1 Å². The minimum absolute atomic E-state index is 0.267. The van der Waals surface area contributed by atoms with E-state index in [0.717, 1.165) is 22.6 Å². The summed E-state index contributed by atoms with van der Waals surface area (Å²) in [6.45, 7) is 2.70. The summed E-state index contributed by atoms with van der Waals surface area (Å²) in [5, 5.41) is 0. The summed E-state index contributed by atoms with van der Waals surface area (Å²) >= 11 is 0. The van der Waals surface area contributed by atoms with Crippen molar-refractivity contribution in [3.05, 3.63) is 17.2 Å². The number of hydrogen-bond acceptors (Lipinski definition) is 4. The van der Waals surface area contributed by atoms with Gasteiger partial charge in [-0.3, -0.25) is 0 Å². The Morgan fingerprint density at radius 2 is 2.29 bits per heavy atom. The topological polar surface area (TPSA) is 53.7 Å². The molecule has 0 aromatic heterocycles. The third-order valence-electron chi connectivity index (χ3n) is 2.38. The Labute approximate surface area is 82.6 Å². The molecule has 0 saturated heterocycles. The van der Waals surface area contributed by atoms with E-state index in [0.29, 0.717) is 12.3 Å². The van der Waals surface area contributed by atoms with Crippen LogP contribution in [0.2, 0.25) is 0 Å². The second kappa shape index (κ2) is 3.38. The average Bonchev–Trinajstić information content (AvgIpc) is 2.23. The van der Waals surface area contributed by atoms with Gasteiger partial charge in [-0.15, -0.1) is 0 Å². The maximum absolute atomic E-state index is 5.92. The van der Waals surface area contributed by atoms with E-state index in [4.69, 9.17) is 19.9 Å². The quantitative estimate of drug-likeness (QED) is 0.689.